The van der Waals surface area contributed by atoms with Gasteiger partial charge in [-0.15, -0.1) is 13.2 Å². The fourth-order valence-electron chi connectivity index (χ4n) is 3.43. The molecule has 5 nitrogen and oxygen atoms in total. The second-order valence-corrected chi connectivity index (χ2v) is 7.32. The second kappa shape index (κ2) is 7.24. The normalized spacial score (nSPS) is 11.9. The van der Waals surface area contributed by atoms with Crippen LogP contribution in [0.2, 0.25) is 5.02 Å². The average Bonchev–Trinajstić information content (AvgIpc) is 3.33. The standard InChI is InChI=1S/C22H14ClF3N4O/c23-17-10-14(11-19-16(17)7-8-27-19)28-21-29-18-6-3-13(9-20(18)30-21)12-1-4-15(5-2-12)31-22(24,25)26/h1-11,27H,(H2,28,29,30). The highest BCUT2D eigenvalue weighted by Crippen LogP contribution is 2.31. The van der Waals surface area contributed by atoms with Gasteiger partial charge in [0, 0.05) is 22.8 Å². The van der Waals surface area contributed by atoms with Gasteiger partial charge >= 0.3 is 6.36 Å². The minimum absolute atomic E-state index is 0.261. The Labute approximate surface area is 178 Å². The lowest BCUT2D eigenvalue weighted by atomic mass is 10.1. The Morgan fingerprint density at radius 1 is 0.903 bits per heavy atom. The number of fused-ring (bicyclic) bond motifs is 2. The van der Waals surface area contributed by atoms with E-state index < -0.39 is 6.36 Å². The molecule has 2 heterocycles. The van der Waals surface area contributed by atoms with Gasteiger partial charge in [-0.1, -0.05) is 29.8 Å². The number of hydrogen-bond donors (Lipinski definition) is 3. The fraction of sp³-hybridized carbons (Fsp3) is 0.0455. The SMILES string of the molecule is FC(F)(F)Oc1ccc(-c2ccc3nc(Nc4cc(Cl)c5cc[nH]c5c4)[nH]c3c2)cc1. The number of aromatic amines is 2. The molecule has 0 saturated carbocycles. The van der Waals surface area contributed by atoms with E-state index in [0.717, 1.165) is 38.8 Å². The van der Waals surface area contributed by atoms with Crippen LogP contribution in [0, 0.1) is 0 Å². The van der Waals surface area contributed by atoms with E-state index in [0.29, 0.717) is 11.0 Å². The number of ether oxygens (including phenoxy) is 1. The van der Waals surface area contributed by atoms with Crippen LogP contribution in [0.5, 0.6) is 5.75 Å². The quantitative estimate of drug-likeness (QED) is 0.280. The molecule has 0 spiro atoms. The minimum atomic E-state index is -4.71. The summed E-state index contributed by atoms with van der Waals surface area (Å²) in [5, 5.41) is 4.77. The number of rotatable bonds is 4. The highest BCUT2D eigenvalue weighted by molar-refractivity contribution is 6.35. The lowest BCUT2D eigenvalue weighted by Crippen LogP contribution is -2.16. The Bertz CT molecular complexity index is 1390. The summed E-state index contributed by atoms with van der Waals surface area (Å²) in [5.41, 5.74) is 4.80. The molecule has 156 valence electrons. The maximum absolute atomic E-state index is 12.3. The van der Waals surface area contributed by atoms with Gasteiger partial charge in [-0.05, 0) is 53.6 Å². The predicted octanol–water partition coefficient (Wildman–Crippen LogP) is 7.01. The molecule has 9 heteroatoms. The first-order valence-electron chi connectivity index (χ1n) is 9.24. The Balaban J connectivity index is 1.40. The smallest absolute Gasteiger partial charge is 0.406 e. The van der Waals surface area contributed by atoms with Crippen molar-refractivity contribution in [3.05, 3.63) is 71.9 Å². The number of benzene rings is 3. The second-order valence-electron chi connectivity index (χ2n) is 6.91. The maximum Gasteiger partial charge on any atom is 0.573 e. The van der Waals surface area contributed by atoms with Crippen LogP contribution in [-0.4, -0.2) is 21.3 Å². The number of nitrogens with zero attached hydrogens (tertiary/aromatic N) is 1. The van der Waals surface area contributed by atoms with E-state index in [1.807, 2.05) is 42.6 Å². The summed E-state index contributed by atoms with van der Waals surface area (Å²) in [6, 6.07) is 17.0. The Morgan fingerprint density at radius 2 is 1.68 bits per heavy atom. The van der Waals surface area contributed by atoms with Gasteiger partial charge < -0.3 is 20.0 Å². The number of alkyl halides is 3. The van der Waals surface area contributed by atoms with Crippen molar-refractivity contribution in [2.45, 2.75) is 6.36 Å². The zero-order chi connectivity index (χ0) is 21.6. The lowest BCUT2D eigenvalue weighted by Gasteiger charge is -2.09. The highest BCUT2D eigenvalue weighted by atomic mass is 35.5. The van der Waals surface area contributed by atoms with E-state index in [1.165, 1.54) is 12.1 Å². The Kier molecular flexibility index (Phi) is 4.51. The predicted molar refractivity (Wildman–Crippen MR) is 115 cm³/mol. The van der Waals surface area contributed by atoms with Gasteiger partial charge in [0.15, 0.2) is 0 Å². The topological polar surface area (TPSA) is 65.7 Å². The number of nitrogens with one attached hydrogen (secondary N) is 3. The number of hydrogen-bond acceptors (Lipinski definition) is 3. The van der Waals surface area contributed by atoms with E-state index in [9.17, 15) is 13.2 Å². The lowest BCUT2D eigenvalue weighted by molar-refractivity contribution is -0.274. The van der Waals surface area contributed by atoms with Gasteiger partial charge in [-0.25, -0.2) is 4.98 Å². The Morgan fingerprint density at radius 3 is 2.45 bits per heavy atom. The highest BCUT2D eigenvalue weighted by Gasteiger charge is 2.30. The summed E-state index contributed by atoms with van der Waals surface area (Å²) >= 11 is 6.32. The molecule has 3 N–H and O–H groups in total. The third kappa shape index (κ3) is 4.02. The third-order valence-corrected chi connectivity index (χ3v) is 5.10. The van der Waals surface area contributed by atoms with E-state index in [4.69, 9.17) is 11.6 Å². The van der Waals surface area contributed by atoms with E-state index >= 15 is 0 Å². The molecule has 2 aromatic heterocycles. The van der Waals surface area contributed by atoms with E-state index in [1.54, 1.807) is 12.1 Å². The molecule has 0 atom stereocenters. The van der Waals surface area contributed by atoms with Crippen LogP contribution in [-0.2, 0) is 0 Å². The first kappa shape index (κ1) is 19.3. The summed E-state index contributed by atoms with van der Waals surface area (Å²) in [4.78, 5) is 10.9. The molecule has 3 aromatic carbocycles. The van der Waals surface area contributed by atoms with Crippen LogP contribution >= 0.6 is 11.6 Å². The van der Waals surface area contributed by atoms with Crippen LogP contribution in [0.3, 0.4) is 0 Å². The van der Waals surface area contributed by atoms with Gasteiger partial charge in [0.1, 0.15) is 5.75 Å². The summed E-state index contributed by atoms with van der Waals surface area (Å²) in [7, 11) is 0. The zero-order valence-corrected chi connectivity index (χ0v) is 16.5. The molecule has 0 unspecified atom stereocenters. The molecular weight excluding hydrogens is 429 g/mol. The molecule has 0 fully saturated rings. The van der Waals surface area contributed by atoms with Crippen molar-refractivity contribution < 1.29 is 17.9 Å². The van der Waals surface area contributed by atoms with Gasteiger partial charge in [0.2, 0.25) is 5.95 Å². The van der Waals surface area contributed by atoms with Crippen LogP contribution in [0.25, 0.3) is 33.1 Å². The molecule has 5 rings (SSSR count). The average molecular weight is 443 g/mol. The fourth-order valence-corrected chi connectivity index (χ4v) is 3.71. The molecule has 0 radical (unpaired) electrons. The van der Waals surface area contributed by atoms with E-state index in [-0.39, 0.29) is 5.75 Å². The van der Waals surface area contributed by atoms with Crippen molar-refractivity contribution >= 4 is 45.2 Å². The molecular formula is C22H14ClF3N4O. The number of halogens is 4. The van der Waals surface area contributed by atoms with Gasteiger partial charge in [-0.2, -0.15) is 0 Å². The molecule has 0 aliphatic carbocycles. The molecule has 0 saturated heterocycles. The van der Waals surface area contributed by atoms with Crippen molar-refractivity contribution in [1.82, 2.24) is 15.0 Å². The zero-order valence-electron chi connectivity index (χ0n) is 15.7. The molecule has 0 aliphatic rings. The maximum atomic E-state index is 12.3. The van der Waals surface area contributed by atoms with Gasteiger partial charge in [-0.3, -0.25) is 0 Å². The van der Waals surface area contributed by atoms with Crippen molar-refractivity contribution in [1.29, 1.82) is 0 Å². The monoisotopic (exact) mass is 442 g/mol. The minimum Gasteiger partial charge on any atom is -0.406 e. The first-order chi connectivity index (χ1) is 14.8. The van der Waals surface area contributed by atoms with Crippen LogP contribution in [0.1, 0.15) is 0 Å². The third-order valence-electron chi connectivity index (χ3n) is 4.78. The molecule has 31 heavy (non-hydrogen) atoms. The number of imidazole rings is 1. The summed E-state index contributed by atoms with van der Waals surface area (Å²) < 4.78 is 40.9. The van der Waals surface area contributed by atoms with Crippen LogP contribution in [0.15, 0.2) is 66.9 Å². The van der Waals surface area contributed by atoms with Gasteiger partial charge in [0.25, 0.3) is 0 Å². The van der Waals surface area contributed by atoms with Crippen molar-refractivity contribution in [3.63, 3.8) is 0 Å². The summed E-state index contributed by atoms with van der Waals surface area (Å²) in [6.45, 7) is 0. The van der Waals surface area contributed by atoms with Crippen molar-refractivity contribution in [2.24, 2.45) is 0 Å². The number of anilines is 2. The molecule has 5 aromatic rings. The van der Waals surface area contributed by atoms with Crippen LogP contribution in [0.4, 0.5) is 24.8 Å². The number of aromatic nitrogens is 3. The summed E-state index contributed by atoms with van der Waals surface area (Å²) in [6.07, 6.45) is -2.89. The van der Waals surface area contributed by atoms with E-state index in [2.05, 4.69) is 25.0 Å². The largest absolute Gasteiger partial charge is 0.573 e. The van der Waals surface area contributed by atoms with Crippen molar-refractivity contribution in [2.75, 3.05) is 5.32 Å². The first-order valence-corrected chi connectivity index (χ1v) is 9.61. The molecule has 0 bridgehead atoms. The molecule has 0 aliphatic heterocycles. The summed E-state index contributed by atoms with van der Waals surface area (Å²) in [5.74, 6) is 0.283. The molecule has 0 amide bonds. The van der Waals surface area contributed by atoms with Crippen molar-refractivity contribution in [3.8, 4) is 16.9 Å². The van der Waals surface area contributed by atoms with Crippen LogP contribution < -0.4 is 10.1 Å². The van der Waals surface area contributed by atoms with Gasteiger partial charge in [0.05, 0.1) is 16.1 Å². The number of H-pyrrole nitrogens is 2. The Hall–Kier alpha value is -3.65.